The van der Waals surface area contributed by atoms with Crippen molar-refractivity contribution in [2.75, 3.05) is 0 Å². The molecule has 0 aliphatic heterocycles. The molecular weight excluding hydrogens is 292 g/mol. The first kappa shape index (κ1) is 14.7. The Labute approximate surface area is 142 Å². The third kappa shape index (κ3) is 2.71. The maximum atomic E-state index is 4.89. The maximum absolute atomic E-state index is 4.89. The number of aryl methyl sites for hydroxylation is 2. The summed E-state index contributed by atoms with van der Waals surface area (Å²) in [7, 11) is 0. The van der Waals surface area contributed by atoms with E-state index in [1.54, 1.807) is 0 Å². The second kappa shape index (κ2) is 5.97. The van der Waals surface area contributed by atoms with Crippen molar-refractivity contribution < 1.29 is 0 Å². The van der Waals surface area contributed by atoms with Crippen LogP contribution in [0.4, 0.5) is 0 Å². The molecule has 0 fully saturated rings. The largest absolute Gasteiger partial charge is 0.303 e. The highest BCUT2D eigenvalue weighted by atomic mass is 15.0. The van der Waals surface area contributed by atoms with E-state index >= 15 is 0 Å². The molecule has 0 aliphatic carbocycles. The summed E-state index contributed by atoms with van der Waals surface area (Å²) in [5.74, 6) is 0. The Balaban J connectivity index is 1.86. The van der Waals surface area contributed by atoms with Crippen LogP contribution in [0.5, 0.6) is 0 Å². The SMILES string of the molecule is Cc1ccc(Cc2c(-c3ccc(C)cc3)nc3ccccn23)cc1. The van der Waals surface area contributed by atoms with Gasteiger partial charge in [-0.1, -0.05) is 65.7 Å². The molecule has 2 aromatic carbocycles. The van der Waals surface area contributed by atoms with Gasteiger partial charge in [-0.2, -0.15) is 0 Å². The highest BCUT2D eigenvalue weighted by molar-refractivity contribution is 5.67. The highest BCUT2D eigenvalue weighted by Gasteiger charge is 2.14. The fraction of sp³-hybridized carbons (Fsp3) is 0.136. The second-order valence-electron chi connectivity index (χ2n) is 6.36. The molecule has 2 nitrogen and oxygen atoms in total. The van der Waals surface area contributed by atoms with Gasteiger partial charge in [0.05, 0.1) is 11.4 Å². The molecule has 0 bridgehead atoms. The molecule has 0 spiro atoms. The van der Waals surface area contributed by atoms with Crippen molar-refractivity contribution in [1.82, 2.24) is 9.38 Å². The van der Waals surface area contributed by atoms with Gasteiger partial charge in [0, 0.05) is 18.2 Å². The Morgan fingerprint density at radius 3 is 2.17 bits per heavy atom. The first-order valence-electron chi connectivity index (χ1n) is 8.29. The number of pyridine rings is 1. The van der Waals surface area contributed by atoms with E-state index in [-0.39, 0.29) is 0 Å². The van der Waals surface area contributed by atoms with Crippen LogP contribution in [0.15, 0.2) is 72.9 Å². The minimum atomic E-state index is 0.870. The Hall–Kier alpha value is -2.87. The molecule has 4 aromatic rings. The van der Waals surface area contributed by atoms with E-state index in [1.165, 1.54) is 27.9 Å². The predicted octanol–water partition coefficient (Wildman–Crippen LogP) is 5.21. The average Bonchev–Trinajstić information content (AvgIpc) is 2.96. The number of hydrogen-bond donors (Lipinski definition) is 0. The van der Waals surface area contributed by atoms with Gasteiger partial charge < -0.3 is 4.40 Å². The molecule has 0 N–H and O–H groups in total. The molecule has 0 saturated carbocycles. The standard InChI is InChI=1S/C22H20N2/c1-16-6-10-18(11-7-16)15-20-22(19-12-8-17(2)9-13-19)23-21-5-3-4-14-24(20)21/h3-14H,15H2,1-2H3. The number of hydrogen-bond acceptors (Lipinski definition) is 1. The molecule has 2 heteroatoms. The molecular formula is C22H20N2. The summed E-state index contributed by atoms with van der Waals surface area (Å²) in [6.45, 7) is 4.23. The first-order valence-corrected chi connectivity index (χ1v) is 8.29. The van der Waals surface area contributed by atoms with E-state index in [0.29, 0.717) is 0 Å². The number of imidazole rings is 1. The second-order valence-corrected chi connectivity index (χ2v) is 6.36. The van der Waals surface area contributed by atoms with Crippen LogP contribution in [0.1, 0.15) is 22.4 Å². The van der Waals surface area contributed by atoms with Crippen LogP contribution in [0, 0.1) is 13.8 Å². The summed E-state index contributed by atoms with van der Waals surface area (Å²) < 4.78 is 2.20. The molecule has 24 heavy (non-hydrogen) atoms. The third-order valence-electron chi connectivity index (χ3n) is 4.45. The Morgan fingerprint density at radius 1 is 0.792 bits per heavy atom. The Kier molecular flexibility index (Phi) is 3.66. The van der Waals surface area contributed by atoms with Crippen LogP contribution in [0.2, 0.25) is 0 Å². The molecule has 0 atom stereocenters. The average molecular weight is 312 g/mol. The minimum absolute atomic E-state index is 0.870. The highest BCUT2D eigenvalue weighted by Crippen LogP contribution is 2.27. The summed E-state index contributed by atoms with van der Waals surface area (Å²) in [5.41, 5.74) is 8.33. The van der Waals surface area contributed by atoms with E-state index in [4.69, 9.17) is 4.98 Å². The Morgan fingerprint density at radius 2 is 1.46 bits per heavy atom. The van der Waals surface area contributed by atoms with Crippen LogP contribution >= 0.6 is 0 Å². The fourth-order valence-electron chi connectivity index (χ4n) is 3.06. The lowest BCUT2D eigenvalue weighted by molar-refractivity contribution is 1.03. The topological polar surface area (TPSA) is 17.3 Å². The van der Waals surface area contributed by atoms with Crippen LogP contribution in [0.3, 0.4) is 0 Å². The van der Waals surface area contributed by atoms with Crippen molar-refractivity contribution in [3.05, 3.63) is 95.3 Å². The fourth-order valence-corrected chi connectivity index (χ4v) is 3.06. The number of aromatic nitrogens is 2. The molecule has 0 amide bonds. The monoisotopic (exact) mass is 312 g/mol. The van der Waals surface area contributed by atoms with Crippen LogP contribution in [-0.4, -0.2) is 9.38 Å². The lowest BCUT2D eigenvalue weighted by atomic mass is 10.0. The molecule has 118 valence electrons. The van der Waals surface area contributed by atoms with E-state index < -0.39 is 0 Å². The van der Waals surface area contributed by atoms with Gasteiger partial charge in [0.25, 0.3) is 0 Å². The smallest absolute Gasteiger partial charge is 0.137 e. The molecule has 0 unspecified atom stereocenters. The van der Waals surface area contributed by atoms with E-state index in [9.17, 15) is 0 Å². The predicted molar refractivity (Wildman–Crippen MR) is 99.4 cm³/mol. The van der Waals surface area contributed by atoms with Crippen molar-refractivity contribution in [1.29, 1.82) is 0 Å². The number of nitrogens with zero attached hydrogens (tertiary/aromatic N) is 2. The zero-order valence-electron chi connectivity index (χ0n) is 14.0. The number of rotatable bonds is 3. The molecule has 0 aliphatic rings. The van der Waals surface area contributed by atoms with E-state index in [0.717, 1.165) is 17.8 Å². The Bertz CT molecular complexity index is 977. The summed E-state index contributed by atoms with van der Waals surface area (Å²) in [4.78, 5) is 4.89. The van der Waals surface area contributed by atoms with E-state index in [2.05, 4.69) is 85.1 Å². The lowest BCUT2D eigenvalue weighted by Crippen LogP contribution is -1.96. The normalized spacial score (nSPS) is 11.1. The molecule has 2 aromatic heterocycles. The van der Waals surface area contributed by atoms with Crippen molar-refractivity contribution in [3.63, 3.8) is 0 Å². The summed E-state index contributed by atoms with van der Waals surface area (Å²) in [5, 5.41) is 0. The van der Waals surface area contributed by atoms with Crippen LogP contribution < -0.4 is 0 Å². The van der Waals surface area contributed by atoms with Crippen molar-refractivity contribution in [3.8, 4) is 11.3 Å². The zero-order chi connectivity index (χ0) is 16.5. The van der Waals surface area contributed by atoms with Gasteiger partial charge in [0.1, 0.15) is 5.65 Å². The van der Waals surface area contributed by atoms with Crippen molar-refractivity contribution in [2.24, 2.45) is 0 Å². The minimum Gasteiger partial charge on any atom is -0.303 e. The van der Waals surface area contributed by atoms with Crippen molar-refractivity contribution in [2.45, 2.75) is 20.3 Å². The third-order valence-corrected chi connectivity index (χ3v) is 4.45. The molecule has 4 rings (SSSR count). The zero-order valence-corrected chi connectivity index (χ0v) is 14.0. The molecule has 2 heterocycles. The van der Waals surface area contributed by atoms with Gasteiger partial charge in [0.15, 0.2) is 0 Å². The van der Waals surface area contributed by atoms with Crippen molar-refractivity contribution >= 4 is 5.65 Å². The van der Waals surface area contributed by atoms with Crippen LogP contribution in [0.25, 0.3) is 16.9 Å². The summed E-state index contributed by atoms with van der Waals surface area (Å²) in [6, 6.07) is 23.5. The van der Waals surface area contributed by atoms with E-state index in [1.807, 2.05) is 6.07 Å². The van der Waals surface area contributed by atoms with Crippen LogP contribution in [-0.2, 0) is 6.42 Å². The van der Waals surface area contributed by atoms with Gasteiger partial charge >= 0.3 is 0 Å². The number of benzene rings is 2. The van der Waals surface area contributed by atoms with Gasteiger partial charge in [-0.3, -0.25) is 0 Å². The molecule has 0 radical (unpaired) electrons. The van der Waals surface area contributed by atoms with Gasteiger partial charge in [0.2, 0.25) is 0 Å². The first-order chi connectivity index (χ1) is 11.7. The quantitative estimate of drug-likeness (QED) is 0.507. The maximum Gasteiger partial charge on any atom is 0.137 e. The van der Waals surface area contributed by atoms with Gasteiger partial charge in [-0.15, -0.1) is 0 Å². The molecule has 0 saturated heterocycles. The lowest BCUT2D eigenvalue weighted by Gasteiger charge is -2.07. The summed E-state index contributed by atoms with van der Waals surface area (Å²) in [6.07, 6.45) is 2.97. The van der Waals surface area contributed by atoms with Gasteiger partial charge in [-0.05, 0) is 31.5 Å². The number of fused-ring (bicyclic) bond motifs is 1. The van der Waals surface area contributed by atoms with Gasteiger partial charge in [-0.25, -0.2) is 4.98 Å². The summed E-state index contributed by atoms with van der Waals surface area (Å²) >= 11 is 0.